The summed E-state index contributed by atoms with van der Waals surface area (Å²) in [7, 11) is 0. The van der Waals surface area contributed by atoms with Crippen molar-refractivity contribution in [1.29, 1.82) is 0 Å². The van der Waals surface area contributed by atoms with Gasteiger partial charge in [0.25, 0.3) is 0 Å². The van der Waals surface area contributed by atoms with Crippen LogP contribution < -0.4 is 5.32 Å². The van der Waals surface area contributed by atoms with E-state index in [9.17, 15) is 13.2 Å². The van der Waals surface area contributed by atoms with Gasteiger partial charge in [0.2, 0.25) is 0 Å². The molecule has 0 aromatic heterocycles. The van der Waals surface area contributed by atoms with Crippen LogP contribution in [0.4, 0.5) is 13.2 Å². The first-order valence-electron chi connectivity index (χ1n) is 8.14. The number of piperazine rings is 1. The lowest BCUT2D eigenvalue weighted by molar-refractivity contribution is -0.325. The minimum Gasteiger partial charge on any atom is -0.308 e. The van der Waals surface area contributed by atoms with E-state index in [-0.39, 0.29) is 17.7 Å². The van der Waals surface area contributed by atoms with Gasteiger partial charge in [0.1, 0.15) is 0 Å². The van der Waals surface area contributed by atoms with E-state index in [4.69, 9.17) is 0 Å². The summed E-state index contributed by atoms with van der Waals surface area (Å²) in [6.07, 6.45) is 4.82. The number of hydrogen-bond acceptors (Lipinski definition) is 3. The summed E-state index contributed by atoms with van der Waals surface area (Å²) in [6, 6.07) is 0. The van der Waals surface area contributed by atoms with Gasteiger partial charge in [0.15, 0.2) is 0 Å². The van der Waals surface area contributed by atoms with E-state index in [1.807, 2.05) is 0 Å². The summed E-state index contributed by atoms with van der Waals surface area (Å²) in [4.78, 5) is 2.31. The second-order valence-corrected chi connectivity index (χ2v) is 6.99. The number of halogens is 3. The van der Waals surface area contributed by atoms with Crippen LogP contribution in [0.1, 0.15) is 51.4 Å². The lowest BCUT2D eigenvalue weighted by atomic mass is 9.84. The highest BCUT2D eigenvalue weighted by Gasteiger charge is 2.49. The first-order valence-corrected chi connectivity index (χ1v) is 8.14. The van der Waals surface area contributed by atoms with Gasteiger partial charge in [-0.3, -0.25) is 9.64 Å². The van der Waals surface area contributed by atoms with E-state index in [1.54, 1.807) is 0 Å². The molecule has 3 fully saturated rings. The van der Waals surface area contributed by atoms with Crippen LogP contribution in [0.3, 0.4) is 0 Å². The molecule has 0 aromatic carbocycles. The highest BCUT2D eigenvalue weighted by atomic mass is 19.4. The van der Waals surface area contributed by atoms with E-state index in [0.29, 0.717) is 6.54 Å². The van der Waals surface area contributed by atoms with Gasteiger partial charge in [-0.15, -0.1) is 13.2 Å². The Balaban J connectivity index is 1.65. The molecule has 1 aliphatic heterocycles. The van der Waals surface area contributed by atoms with Crippen LogP contribution in [0.5, 0.6) is 0 Å². The number of nitrogens with zero attached hydrogens (tertiary/aromatic N) is 1. The third-order valence-corrected chi connectivity index (χ3v) is 5.68. The molecule has 0 radical (unpaired) electrons. The minimum atomic E-state index is -4.51. The second-order valence-electron chi connectivity index (χ2n) is 6.99. The van der Waals surface area contributed by atoms with Crippen molar-refractivity contribution < 1.29 is 17.9 Å². The summed E-state index contributed by atoms with van der Waals surface area (Å²) >= 11 is 0. The Labute approximate surface area is 124 Å². The van der Waals surface area contributed by atoms with Crippen LogP contribution >= 0.6 is 0 Å². The summed E-state index contributed by atoms with van der Waals surface area (Å²) in [5, 5.41) is 3.76. The van der Waals surface area contributed by atoms with E-state index < -0.39 is 6.36 Å². The van der Waals surface area contributed by atoms with Crippen molar-refractivity contribution in [2.75, 3.05) is 26.2 Å². The third kappa shape index (κ3) is 3.37. The third-order valence-electron chi connectivity index (χ3n) is 5.68. The van der Waals surface area contributed by atoms with Crippen molar-refractivity contribution in [3.63, 3.8) is 0 Å². The molecule has 2 aliphatic carbocycles. The van der Waals surface area contributed by atoms with Gasteiger partial charge >= 0.3 is 6.36 Å². The standard InChI is InChI=1S/C15H25F3N2O/c16-15(17,18)21-10-9-20-12-13(5-1-2-6-13)19-11-14(20)7-3-4-8-14/h19H,1-12H2. The smallest absolute Gasteiger partial charge is 0.308 e. The van der Waals surface area contributed by atoms with Gasteiger partial charge in [-0.05, 0) is 25.7 Å². The van der Waals surface area contributed by atoms with Gasteiger partial charge in [-0.25, -0.2) is 0 Å². The minimum absolute atomic E-state index is 0.0722. The maximum absolute atomic E-state index is 12.2. The van der Waals surface area contributed by atoms with Crippen molar-refractivity contribution in [1.82, 2.24) is 10.2 Å². The Bertz CT molecular complexity index is 360. The van der Waals surface area contributed by atoms with Crippen molar-refractivity contribution in [2.45, 2.75) is 68.8 Å². The molecule has 1 heterocycles. The summed E-state index contributed by atoms with van der Waals surface area (Å²) in [6.45, 7) is 1.96. The molecular formula is C15H25F3N2O. The predicted molar refractivity (Wildman–Crippen MR) is 74.0 cm³/mol. The molecule has 3 rings (SSSR count). The number of hydrogen-bond donors (Lipinski definition) is 1. The summed E-state index contributed by atoms with van der Waals surface area (Å²) in [5.74, 6) is 0. The van der Waals surface area contributed by atoms with Crippen molar-refractivity contribution in [3.8, 4) is 0 Å². The van der Waals surface area contributed by atoms with Crippen LogP contribution in [0.2, 0.25) is 0 Å². The molecular weight excluding hydrogens is 281 g/mol. The van der Waals surface area contributed by atoms with Crippen molar-refractivity contribution in [2.24, 2.45) is 0 Å². The molecule has 1 N–H and O–H groups in total. The normalized spacial score (nSPS) is 28.7. The zero-order valence-corrected chi connectivity index (χ0v) is 12.5. The van der Waals surface area contributed by atoms with Crippen LogP contribution in [0.25, 0.3) is 0 Å². The first kappa shape index (κ1) is 15.6. The molecule has 3 aliphatic rings. The Kier molecular flexibility index (Phi) is 4.23. The SMILES string of the molecule is FC(F)(F)OCCN1CC2(CCCC2)NCC12CCCC2. The molecule has 0 atom stereocenters. The quantitative estimate of drug-likeness (QED) is 0.867. The second kappa shape index (κ2) is 5.70. The average Bonchev–Trinajstić information content (AvgIpc) is 3.03. The predicted octanol–water partition coefficient (Wildman–Crippen LogP) is 3.05. The maximum Gasteiger partial charge on any atom is 0.522 e. The van der Waals surface area contributed by atoms with Gasteiger partial charge in [0, 0.05) is 30.7 Å². The fourth-order valence-corrected chi connectivity index (χ4v) is 4.55. The molecule has 122 valence electrons. The number of rotatable bonds is 3. The van der Waals surface area contributed by atoms with Crippen molar-refractivity contribution >= 4 is 0 Å². The number of ether oxygens (including phenoxy) is 1. The van der Waals surface area contributed by atoms with E-state index >= 15 is 0 Å². The first-order chi connectivity index (χ1) is 9.93. The van der Waals surface area contributed by atoms with Crippen LogP contribution in [0, 0.1) is 0 Å². The zero-order chi connectivity index (χ0) is 15.0. The fraction of sp³-hybridized carbons (Fsp3) is 1.00. The van der Waals surface area contributed by atoms with Gasteiger partial charge in [0.05, 0.1) is 6.61 Å². The Hall–Kier alpha value is -0.330. The topological polar surface area (TPSA) is 24.5 Å². The molecule has 3 nitrogen and oxygen atoms in total. The van der Waals surface area contributed by atoms with Crippen molar-refractivity contribution in [3.05, 3.63) is 0 Å². The zero-order valence-electron chi connectivity index (χ0n) is 12.5. The van der Waals surface area contributed by atoms with Gasteiger partial charge in [-0.1, -0.05) is 25.7 Å². The molecule has 6 heteroatoms. The number of alkyl halides is 3. The molecule has 2 spiro atoms. The molecule has 0 aromatic rings. The molecule has 0 bridgehead atoms. The largest absolute Gasteiger partial charge is 0.522 e. The molecule has 2 saturated carbocycles. The van der Waals surface area contributed by atoms with E-state index in [1.165, 1.54) is 25.7 Å². The fourth-order valence-electron chi connectivity index (χ4n) is 4.55. The monoisotopic (exact) mass is 306 g/mol. The molecule has 0 unspecified atom stereocenters. The Morgan fingerprint density at radius 1 is 1.00 bits per heavy atom. The van der Waals surface area contributed by atoms with Gasteiger partial charge < -0.3 is 5.32 Å². The lowest BCUT2D eigenvalue weighted by Gasteiger charge is -2.52. The highest BCUT2D eigenvalue weighted by Crippen LogP contribution is 2.42. The van der Waals surface area contributed by atoms with Crippen LogP contribution in [-0.2, 0) is 4.74 Å². The van der Waals surface area contributed by atoms with E-state index in [2.05, 4.69) is 15.0 Å². The average molecular weight is 306 g/mol. The molecule has 21 heavy (non-hydrogen) atoms. The molecule has 0 amide bonds. The molecule has 1 saturated heterocycles. The Morgan fingerprint density at radius 2 is 1.62 bits per heavy atom. The van der Waals surface area contributed by atoms with Crippen LogP contribution in [0.15, 0.2) is 0 Å². The number of nitrogens with one attached hydrogen (secondary N) is 1. The van der Waals surface area contributed by atoms with Gasteiger partial charge in [-0.2, -0.15) is 0 Å². The Morgan fingerprint density at radius 3 is 2.24 bits per heavy atom. The summed E-state index contributed by atoms with van der Waals surface area (Å²) < 4.78 is 40.7. The van der Waals surface area contributed by atoms with Crippen LogP contribution in [-0.4, -0.2) is 48.6 Å². The summed E-state index contributed by atoms with van der Waals surface area (Å²) in [5.41, 5.74) is 0.217. The maximum atomic E-state index is 12.2. The highest BCUT2D eigenvalue weighted by molar-refractivity contribution is 5.08. The lowest BCUT2D eigenvalue weighted by Crippen LogP contribution is -2.68. The van der Waals surface area contributed by atoms with E-state index in [0.717, 1.165) is 38.8 Å².